The van der Waals surface area contributed by atoms with Gasteiger partial charge in [-0.3, -0.25) is 0 Å². The summed E-state index contributed by atoms with van der Waals surface area (Å²) in [4.78, 5) is 6.40. The van der Waals surface area contributed by atoms with Gasteiger partial charge in [0, 0.05) is 25.9 Å². The standard InChI is InChI=1S/C19H21N5O2/c1-13-5-3-4-6-17(13)25-15-9-11-24(12-10-15)18-8-7-16(21-22-18)19-20-14(2)23-26-19/h3-8,15H,9-12H2,1-2H3. The molecule has 0 spiro atoms. The van der Waals surface area contributed by atoms with Gasteiger partial charge >= 0.3 is 0 Å². The number of ether oxygens (including phenoxy) is 1. The number of para-hydroxylation sites is 1. The van der Waals surface area contributed by atoms with Crippen molar-refractivity contribution in [3.05, 3.63) is 47.8 Å². The molecule has 0 atom stereocenters. The third-order valence-corrected chi connectivity index (χ3v) is 4.55. The lowest BCUT2D eigenvalue weighted by molar-refractivity contribution is 0.169. The summed E-state index contributed by atoms with van der Waals surface area (Å²) in [6.45, 7) is 5.64. The Hall–Kier alpha value is -2.96. The predicted octanol–water partition coefficient (Wildman–Crippen LogP) is 3.19. The molecule has 0 amide bonds. The van der Waals surface area contributed by atoms with E-state index in [-0.39, 0.29) is 6.10 Å². The average Bonchev–Trinajstić information content (AvgIpc) is 3.11. The van der Waals surface area contributed by atoms with Gasteiger partial charge in [0.25, 0.3) is 5.89 Å². The van der Waals surface area contributed by atoms with Crippen LogP contribution in [0.4, 0.5) is 5.82 Å². The van der Waals surface area contributed by atoms with Crippen LogP contribution < -0.4 is 9.64 Å². The number of hydrogen-bond donors (Lipinski definition) is 0. The molecular weight excluding hydrogens is 330 g/mol. The van der Waals surface area contributed by atoms with E-state index in [9.17, 15) is 0 Å². The molecule has 7 heteroatoms. The van der Waals surface area contributed by atoms with E-state index in [4.69, 9.17) is 9.26 Å². The number of aromatic nitrogens is 4. The van der Waals surface area contributed by atoms with E-state index in [0.29, 0.717) is 17.4 Å². The number of piperidine rings is 1. The van der Waals surface area contributed by atoms with Crippen molar-refractivity contribution in [3.63, 3.8) is 0 Å². The summed E-state index contributed by atoms with van der Waals surface area (Å²) in [5.74, 6) is 2.82. The number of benzene rings is 1. The molecule has 0 saturated carbocycles. The van der Waals surface area contributed by atoms with Crippen LogP contribution in [0.5, 0.6) is 5.75 Å². The van der Waals surface area contributed by atoms with Gasteiger partial charge in [-0.05, 0) is 37.6 Å². The van der Waals surface area contributed by atoms with Gasteiger partial charge in [-0.2, -0.15) is 4.98 Å². The molecule has 7 nitrogen and oxygen atoms in total. The van der Waals surface area contributed by atoms with Crippen LogP contribution in [-0.4, -0.2) is 39.5 Å². The van der Waals surface area contributed by atoms with Crippen LogP contribution in [0.3, 0.4) is 0 Å². The van der Waals surface area contributed by atoms with Gasteiger partial charge in [-0.1, -0.05) is 23.4 Å². The van der Waals surface area contributed by atoms with Crippen LogP contribution in [0, 0.1) is 13.8 Å². The maximum atomic E-state index is 6.16. The largest absolute Gasteiger partial charge is 0.490 e. The SMILES string of the molecule is Cc1noc(-c2ccc(N3CCC(Oc4ccccc4C)CC3)nn2)n1. The Bertz CT molecular complexity index is 870. The van der Waals surface area contributed by atoms with E-state index in [0.717, 1.165) is 37.5 Å². The fourth-order valence-electron chi connectivity index (χ4n) is 3.08. The van der Waals surface area contributed by atoms with Crippen molar-refractivity contribution >= 4 is 5.82 Å². The molecule has 2 aromatic heterocycles. The molecule has 0 N–H and O–H groups in total. The second-order valence-electron chi connectivity index (χ2n) is 6.49. The van der Waals surface area contributed by atoms with Crippen molar-refractivity contribution < 1.29 is 9.26 Å². The molecule has 0 unspecified atom stereocenters. The Morgan fingerprint density at radius 1 is 1.04 bits per heavy atom. The maximum Gasteiger partial charge on any atom is 0.278 e. The van der Waals surface area contributed by atoms with Crippen molar-refractivity contribution in [1.29, 1.82) is 0 Å². The van der Waals surface area contributed by atoms with Gasteiger partial charge in [-0.25, -0.2) is 0 Å². The molecule has 134 valence electrons. The van der Waals surface area contributed by atoms with Gasteiger partial charge in [0.15, 0.2) is 17.3 Å². The van der Waals surface area contributed by atoms with Crippen molar-refractivity contribution in [1.82, 2.24) is 20.3 Å². The van der Waals surface area contributed by atoms with Gasteiger partial charge < -0.3 is 14.2 Å². The molecule has 0 aliphatic carbocycles. The van der Waals surface area contributed by atoms with E-state index >= 15 is 0 Å². The molecule has 1 aliphatic rings. The van der Waals surface area contributed by atoms with Crippen LogP contribution in [0.1, 0.15) is 24.2 Å². The monoisotopic (exact) mass is 351 g/mol. The zero-order valence-electron chi connectivity index (χ0n) is 14.9. The van der Waals surface area contributed by atoms with Crippen molar-refractivity contribution in [3.8, 4) is 17.3 Å². The minimum Gasteiger partial charge on any atom is -0.490 e. The van der Waals surface area contributed by atoms with E-state index < -0.39 is 0 Å². The summed E-state index contributed by atoms with van der Waals surface area (Å²) in [6.07, 6.45) is 2.15. The normalized spacial score (nSPS) is 15.2. The van der Waals surface area contributed by atoms with Crippen molar-refractivity contribution in [2.75, 3.05) is 18.0 Å². The number of aryl methyl sites for hydroxylation is 2. The summed E-state index contributed by atoms with van der Waals surface area (Å²) >= 11 is 0. The summed E-state index contributed by atoms with van der Waals surface area (Å²) in [5.41, 5.74) is 1.76. The number of hydrogen-bond acceptors (Lipinski definition) is 7. The predicted molar refractivity (Wildman–Crippen MR) is 97.1 cm³/mol. The highest BCUT2D eigenvalue weighted by Crippen LogP contribution is 2.24. The summed E-state index contributed by atoms with van der Waals surface area (Å²) in [5, 5.41) is 12.3. The highest BCUT2D eigenvalue weighted by Gasteiger charge is 2.22. The lowest BCUT2D eigenvalue weighted by Gasteiger charge is -2.32. The zero-order chi connectivity index (χ0) is 17.9. The molecule has 1 aromatic carbocycles. The molecule has 1 aliphatic heterocycles. The molecule has 3 heterocycles. The Morgan fingerprint density at radius 3 is 2.50 bits per heavy atom. The van der Waals surface area contributed by atoms with Gasteiger partial charge in [0.2, 0.25) is 0 Å². The van der Waals surface area contributed by atoms with Crippen LogP contribution in [0.25, 0.3) is 11.6 Å². The molecule has 1 saturated heterocycles. The van der Waals surface area contributed by atoms with E-state index in [1.54, 1.807) is 6.92 Å². The van der Waals surface area contributed by atoms with Crippen molar-refractivity contribution in [2.45, 2.75) is 32.8 Å². The van der Waals surface area contributed by atoms with Gasteiger partial charge in [-0.15, -0.1) is 10.2 Å². The summed E-state index contributed by atoms with van der Waals surface area (Å²) in [7, 11) is 0. The smallest absolute Gasteiger partial charge is 0.278 e. The molecular formula is C19H21N5O2. The Morgan fingerprint density at radius 2 is 1.85 bits per heavy atom. The topological polar surface area (TPSA) is 77.2 Å². The molecule has 1 fully saturated rings. The minimum atomic E-state index is 0.237. The van der Waals surface area contributed by atoms with E-state index in [1.807, 2.05) is 30.3 Å². The fraction of sp³-hybridized carbons (Fsp3) is 0.368. The molecule has 3 aromatic rings. The number of anilines is 1. The summed E-state index contributed by atoms with van der Waals surface area (Å²) < 4.78 is 11.3. The van der Waals surface area contributed by atoms with Crippen LogP contribution in [-0.2, 0) is 0 Å². The first-order chi connectivity index (χ1) is 12.7. The van der Waals surface area contributed by atoms with E-state index in [2.05, 4.69) is 38.2 Å². The van der Waals surface area contributed by atoms with Crippen LogP contribution >= 0.6 is 0 Å². The summed E-state index contributed by atoms with van der Waals surface area (Å²) in [6, 6.07) is 12.0. The fourth-order valence-corrected chi connectivity index (χ4v) is 3.08. The van der Waals surface area contributed by atoms with Crippen LogP contribution in [0.2, 0.25) is 0 Å². The molecule has 0 bridgehead atoms. The minimum absolute atomic E-state index is 0.237. The number of nitrogens with zero attached hydrogens (tertiary/aromatic N) is 5. The lowest BCUT2D eigenvalue weighted by atomic mass is 10.1. The number of rotatable bonds is 4. The Labute approximate surface area is 152 Å². The van der Waals surface area contributed by atoms with Gasteiger partial charge in [0.1, 0.15) is 11.9 Å². The van der Waals surface area contributed by atoms with Crippen molar-refractivity contribution in [2.24, 2.45) is 0 Å². The first-order valence-electron chi connectivity index (χ1n) is 8.81. The lowest BCUT2D eigenvalue weighted by Crippen LogP contribution is -2.38. The third-order valence-electron chi connectivity index (χ3n) is 4.55. The molecule has 26 heavy (non-hydrogen) atoms. The second-order valence-corrected chi connectivity index (χ2v) is 6.49. The highest BCUT2D eigenvalue weighted by atomic mass is 16.5. The second kappa shape index (κ2) is 7.11. The average molecular weight is 351 g/mol. The zero-order valence-corrected chi connectivity index (χ0v) is 14.9. The third kappa shape index (κ3) is 3.51. The first kappa shape index (κ1) is 16.5. The van der Waals surface area contributed by atoms with Crippen LogP contribution in [0.15, 0.2) is 40.9 Å². The Kier molecular flexibility index (Phi) is 4.51. The quantitative estimate of drug-likeness (QED) is 0.714. The first-order valence-corrected chi connectivity index (χ1v) is 8.81. The Balaban J connectivity index is 1.36. The maximum absolute atomic E-state index is 6.16. The molecule has 0 radical (unpaired) electrons. The van der Waals surface area contributed by atoms with E-state index in [1.165, 1.54) is 5.56 Å². The molecule has 4 rings (SSSR count). The highest BCUT2D eigenvalue weighted by molar-refractivity contribution is 5.49. The van der Waals surface area contributed by atoms with Gasteiger partial charge in [0.05, 0.1) is 0 Å².